The highest BCUT2D eigenvalue weighted by Gasteiger charge is 2.17. The van der Waals surface area contributed by atoms with E-state index < -0.39 is 5.97 Å². The van der Waals surface area contributed by atoms with E-state index in [-0.39, 0.29) is 5.41 Å². The predicted octanol–water partition coefficient (Wildman–Crippen LogP) is 2.80. The first-order valence-corrected chi connectivity index (χ1v) is 6.73. The van der Waals surface area contributed by atoms with Gasteiger partial charge in [-0.15, -0.1) is 11.3 Å². The van der Waals surface area contributed by atoms with Gasteiger partial charge in [0.15, 0.2) is 5.69 Å². The summed E-state index contributed by atoms with van der Waals surface area (Å²) in [5, 5.41) is 2.34. The first-order chi connectivity index (χ1) is 8.96. The molecule has 2 aromatic rings. The normalized spacial score (nSPS) is 11.3. The first-order valence-electron chi connectivity index (χ1n) is 5.85. The number of ether oxygens (including phenoxy) is 1. The van der Waals surface area contributed by atoms with Gasteiger partial charge in [-0.25, -0.2) is 9.78 Å². The molecule has 0 saturated carbocycles. The Morgan fingerprint density at radius 3 is 2.79 bits per heavy atom. The quantitative estimate of drug-likeness (QED) is 0.807. The molecule has 0 fully saturated rings. The zero-order chi connectivity index (χ0) is 13.9. The number of carbonyl (C=O) groups is 1. The highest BCUT2D eigenvalue weighted by Crippen LogP contribution is 2.21. The lowest BCUT2D eigenvalue weighted by atomic mass is 9.99. The van der Waals surface area contributed by atoms with E-state index in [1.807, 2.05) is 20.8 Å². The SMILES string of the molecule is CC(C)(C)COC(=O)c1csc(-c2cnccn2)n1. The Hall–Kier alpha value is -1.82. The molecular weight excluding hydrogens is 262 g/mol. The maximum Gasteiger partial charge on any atom is 0.357 e. The van der Waals surface area contributed by atoms with Gasteiger partial charge in [0.2, 0.25) is 0 Å². The second kappa shape index (κ2) is 5.44. The molecule has 0 N–H and O–H groups in total. The number of thiazole rings is 1. The summed E-state index contributed by atoms with van der Waals surface area (Å²) in [5.74, 6) is -0.402. The van der Waals surface area contributed by atoms with Crippen molar-refractivity contribution >= 4 is 17.3 Å². The van der Waals surface area contributed by atoms with E-state index in [4.69, 9.17) is 4.74 Å². The lowest BCUT2D eigenvalue weighted by molar-refractivity contribution is 0.0361. The molecule has 2 aromatic heterocycles. The molecular formula is C13H15N3O2S. The van der Waals surface area contributed by atoms with Gasteiger partial charge in [0, 0.05) is 17.8 Å². The summed E-state index contributed by atoms with van der Waals surface area (Å²) < 4.78 is 5.21. The van der Waals surface area contributed by atoms with E-state index in [0.29, 0.717) is 23.0 Å². The molecule has 0 spiro atoms. The van der Waals surface area contributed by atoms with Gasteiger partial charge in [-0.1, -0.05) is 20.8 Å². The molecule has 2 rings (SSSR count). The average Bonchev–Trinajstić information content (AvgIpc) is 2.86. The van der Waals surface area contributed by atoms with Crippen molar-refractivity contribution in [2.45, 2.75) is 20.8 Å². The molecule has 0 radical (unpaired) electrons. The summed E-state index contributed by atoms with van der Waals surface area (Å²) in [4.78, 5) is 24.2. The van der Waals surface area contributed by atoms with E-state index in [0.717, 1.165) is 0 Å². The molecule has 0 unspecified atom stereocenters. The van der Waals surface area contributed by atoms with Crippen molar-refractivity contribution in [1.82, 2.24) is 15.0 Å². The molecule has 19 heavy (non-hydrogen) atoms. The Kier molecular flexibility index (Phi) is 3.90. The van der Waals surface area contributed by atoms with Crippen molar-refractivity contribution in [2.24, 2.45) is 5.41 Å². The Morgan fingerprint density at radius 2 is 2.16 bits per heavy atom. The standard InChI is InChI=1S/C13H15N3O2S/c1-13(2,3)8-18-12(17)10-7-19-11(16-10)9-6-14-4-5-15-9/h4-7H,8H2,1-3H3. The summed E-state index contributed by atoms with van der Waals surface area (Å²) in [5.41, 5.74) is 0.914. The van der Waals surface area contributed by atoms with Crippen LogP contribution in [0.5, 0.6) is 0 Å². The summed E-state index contributed by atoms with van der Waals surface area (Å²) in [6.07, 6.45) is 4.80. The third-order valence-corrected chi connectivity index (χ3v) is 3.00. The number of aromatic nitrogens is 3. The van der Waals surface area contributed by atoms with Crippen LogP contribution < -0.4 is 0 Å². The van der Waals surface area contributed by atoms with Crippen molar-refractivity contribution in [3.63, 3.8) is 0 Å². The number of esters is 1. The van der Waals surface area contributed by atoms with E-state index >= 15 is 0 Å². The Balaban J connectivity index is 2.07. The molecule has 2 heterocycles. The average molecular weight is 277 g/mol. The third kappa shape index (κ3) is 3.82. The minimum absolute atomic E-state index is 0.0561. The van der Waals surface area contributed by atoms with Crippen LogP contribution >= 0.6 is 11.3 Å². The smallest absolute Gasteiger partial charge is 0.357 e. The lowest BCUT2D eigenvalue weighted by Gasteiger charge is -2.17. The zero-order valence-corrected chi connectivity index (χ0v) is 11.9. The molecule has 5 nitrogen and oxygen atoms in total. The molecule has 6 heteroatoms. The third-order valence-electron chi connectivity index (χ3n) is 2.13. The van der Waals surface area contributed by atoms with Crippen LogP contribution in [0.1, 0.15) is 31.3 Å². The van der Waals surface area contributed by atoms with Crippen molar-refractivity contribution in [1.29, 1.82) is 0 Å². The van der Waals surface area contributed by atoms with E-state index in [2.05, 4.69) is 15.0 Å². The van der Waals surface area contributed by atoms with Crippen molar-refractivity contribution in [2.75, 3.05) is 6.61 Å². The van der Waals surface area contributed by atoms with Gasteiger partial charge in [0.05, 0.1) is 12.8 Å². The van der Waals surface area contributed by atoms with Crippen LogP contribution in [0.2, 0.25) is 0 Å². The fourth-order valence-corrected chi connectivity index (χ4v) is 2.00. The van der Waals surface area contributed by atoms with Crippen molar-refractivity contribution in [3.8, 4) is 10.7 Å². The summed E-state index contributed by atoms with van der Waals surface area (Å²) in [7, 11) is 0. The fraction of sp³-hybridized carbons (Fsp3) is 0.385. The molecule has 0 aliphatic carbocycles. The largest absolute Gasteiger partial charge is 0.460 e. The first kappa shape index (κ1) is 13.6. The topological polar surface area (TPSA) is 65.0 Å². The van der Waals surface area contributed by atoms with E-state index in [9.17, 15) is 4.79 Å². The maximum absolute atomic E-state index is 11.8. The van der Waals surface area contributed by atoms with Gasteiger partial charge >= 0.3 is 5.97 Å². The molecule has 100 valence electrons. The van der Waals surface area contributed by atoms with Gasteiger partial charge in [-0.05, 0) is 5.41 Å². The monoisotopic (exact) mass is 277 g/mol. The molecule has 0 bridgehead atoms. The highest BCUT2D eigenvalue weighted by molar-refractivity contribution is 7.13. The predicted molar refractivity (Wildman–Crippen MR) is 72.9 cm³/mol. The van der Waals surface area contributed by atoms with Gasteiger partial charge in [-0.2, -0.15) is 0 Å². The number of hydrogen-bond acceptors (Lipinski definition) is 6. The fourth-order valence-electron chi connectivity index (χ4n) is 1.25. The molecule has 0 atom stereocenters. The van der Waals surface area contributed by atoms with Crippen LogP contribution in [-0.4, -0.2) is 27.5 Å². The van der Waals surface area contributed by atoms with Crippen molar-refractivity contribution < 1.29 is 9.53 Å². The van der Waals surface area contributed by atoms with Crippen LogP contribution in [0.25, 0.3) is 10.7 Å². The Bertz CT molecular complexity index is 561. The van der Waals surface area contributed by atoms with Crippen LogP contribution in [0, 0.1) is 5.41 Å². The van der Waals surface area contributed by atoms with Crippen LogP contribution in [0.15, 0.2) is 24.0 Å². The Labute approximate surface area is 115 Å². The number of carbonyl (C=O) groups excluding carboxylic acids is 1. The van der Waals surface area contributed by atoms with Crippen LogP contribution in [0.4, 0.5) is 0 Å². The minimum atomic E-state index is -0.402. The zero-order valence-electron chi connectivity index (χ0n) is 11.1. The molecule has 0 aliphatic rings. The number of nitrogens with zero attached hydrogens (tertiary/aromatic N) is 3. The van der Waals surface area contributed by atoms with Crippen molar-refractivity contribution in [3.05, 3.63) is 29.7 Å². The van der Waals surface area contributed by atoms with E-state index in [1.54, 1.807) is 24.0 Å². The van der Waals surface area contributed by atoms with Crippen LogP contribution in [-0.2, 0) is 4.74 Å². The summed E-state index contributed by atoms with van der Waals surface area (Å²) in [6, 6.07) is 0. The van der Waals surface area contributed by atoms with Gasteiger partial charge in [-0.3, -0.25) is 9.97 Å². The number of rotatable bonds is 3. The molecule has 0 aliphatic heterocycles. The summed E-state index contributed by atoms with van der Waals surface area (Å²) in [6.45, 7) is 6.38. The second-order valence-corrected chi connectivity index (χ2v) is 6.12. The minimum Gasteiger partial charge on any atom is -0.460 e. The molecule has 0 amide bonds. The van der Waals surface area contributed by atoms with E-state index in [1.165, 1.54) is 11.3 Å². The van der Waals surface area contributed by atoms with Gasteiger partial charge < -0.3 is 4.74 Å². The molecule has 0 aromatic carbocycles. The van der Waals surface area contributed by atoms with Gasteiger partial charge in [0.25, 0.3) is 0 Å². The van der Waals surface area contributed by atoms with Crippen LogP contribution in [0.3, 0.4) is 0 Å². The van der Waals surface area contributed by atoms with Gasteiger partial charge in [0.1, 0.15) is 10.7 Å². The Morgan fingerprint density at radius 1 is 1.37 bits per heavy atom. The number of hydrogen-bond donors (Lipinski definition) is 0. The lowest BCUT2D eigenvalue weighted by Crippen LogP contribution is -2.18. The maximum atomic E-state index is 11.8. The second-order valence-electron chi connectivity index (χ2n) is 5.27. The highest BCUT2D eigenvalue weighted by atomic mass is 32.1. The summed E-state index contributed by atoms with van der Waals surface area (Å²) >= 11 is 1.35. The molecule has 0 saturated heterocycles.